The second-order valence-electron chi connectivity index (χ2n) is 8.40. The van der Waals surface area contributed by atoms with Crippen LogP contribution in [0.15, 0.2) is 47.6 Å². The predicted molar refractivity (Wildman–Crippen MR) is 116 cm³/mol. The van der Waals surface area contributed by atoms with Crippen LogP contribution in [0, 0.1) is 0 Å². The maximum Gasteiger partial charge on any atom is 0.200 e. The minimum atomic E-state index is -0.483. The van der Waals surface area contributed by atoms with Gasteiger partial charge in [-0.3, -0.25) is 0 Å². The van der Waals surface area contributed by atoms with Gasteiger partial charge in [0.05, 0.1) is 18.9 Å². The number of benzene rings is 2. The first-order valence-corrected chi connectivity index (χ1v) is 10.9. The third kappa shape index (κ3) is 3.01. The van der Waals surface area contributed by atoms with E-state index in [1.165, 1.54) is 0 Å². The minimum absolute atomic E-state index is 0.0798. The predicted octanol–water partition coefficient (Wildman–Crippen LogP) is 4.15. The standard InChI is InChI=1S/C24H29N3O3/c1-3-13-26-14-11-24(12-15-26)27-20(18-8-6-10-22(29-2)23(18)30-24)16-19(25-27)17-7-4-5-9-21(17)28/h4-10,20,28H,3,11-16H2,1-2H3/t20-/m1/s1. The summed E-state index contributed by atoms with van der Waals surface area (Å²) >= 11 is 0. The third-order valence-corrected chi connectivity index (χ3v) is 6.60. The summed E-state index contributed by atoms with van der Waals surface area (Å²) in [6.07, 6.45) is 3.67. The summed E-state index contributed by atoms with van der Waals surface area (Å²) in [5.41, 5.74) is 2.33. The maximum atomic E-state index is 10.4. The molecule has 0 saturated carbocycles. The van der Waals surface area contributed by atoms with E-state index in [-0.39, 0.29) is 11.8 Å². The Hall–Kier alpha value is -2.73. The smallest absolute Gasteiger partial charge is 0.200 e. The average Bonchev–Trinajstić information content (AvgIpc) is 3.22. The van der Waals surface area contributed by atoms with Gasteiger partial charge >= 0.3 is 0 Å². The van der Waals surface area contributed by atoms with Crippen LogP contribution in [0.5, 0.6) is 17.2 Å². The molecule has 3 aliphatic rings. The van der Waals surface area contributed by atoms with Crippen LogP contribution in [0.4, 0.5) is 0 Å². The topological polar surface area (TPSA) is 57.5 Å². The van der Waals surface area contributed by atoms with Crippen molar-refractivity contribution in [3.8, 4) is 17.2 Å². The number of ether oxygens (including phenoxy) is 2. The van der Waals surface area contributed by atoms with Crippen molar-refractivity contribution in [2.45, 2.75) is 44.4 Å². The van der Waals surface area contributed by atoms with Crippen LogP contribution in [0.2, 0.25) is 0 Å². The zero-order valence-corrected chi connectivity index (χ0v) is 17.7. The number of likely N-dealkylation sites (tertiary alicyclic amines) is 1. The van der Waals surface area contributed by atoms with E-state index in [1.54, 1.807) is 13.2 Å². The molecule has 2 aromatic carbocycles. The zero-order valence-electron chi connectivity index (χ0n) is 17.7. The fourth-order valence-electron chi connectivity index (χ4n) is 5.08. The molecule has 0 aliphatic carbocycles. The van der Waals surface area contributed by atoms with Crippen molar-refractivity contribution in [2.24, 2.45) is 5.10 Å². The highest BCUT2D eigenvalue weighted by Crippen LogP contribution is 2.52. The summed E-state index contributed by atoms with van der Waals surface area (Å²) in [6, 6.07) is 13.6. The van der Waals surface area contributed by atoms with Crippen molar-refractivity contribution < 1.29 is 14.6 Å². The van der Waals surface area contributed by atoms with Gasteiger partial charge in [0.25, 0.3) is 0 Å². The molecule has 0 amide bonds. The Morgan fingerprint density at radius 3 is 2.70 bits per heavy atom. The molecule has 1 N–H and O–H groups in total. The van der Waals surface area contributed by atoms with E-state index in [2.05, 4.69) is 22.9 Å². The Labute approximate surface area is 177 Å². The largest absolute Gasteiger partial charge is 0.507 e. The van der Waals surface area contributed by atoms with Crippen molar-refractivity contribution in [1.29, 1.82) is 0 Å². The molecule has 6 heteroatoms. The summed E-state index contributed by atoms with van der Waals surface area (Å²) in [5.74, 6) is 1.90. The van der Waals surface area contributed by atoms with Gasteiger partial charge in [-0.2, -0.15) is 5.10 Å². The molecule has 0 radical (unpaired) electrons. The number of para-hydroxylation sites is 2. The highest BCUT2D eigenvalue weighted by atomic mass is 16.5. The number of hydrogen-bond acceptors (Lipinski definition) is 6. The van der Waals surface area contributed by atoms with E-state index in [0.717, 1.165) is 73.7 Å². The van der Waals surface area contributed by atoms with Crippen LogP contribution < -0.4 is 9.47 Å². The zero-order chi connectivity index (χ0) is 20.7. The van der Waals surface area contributed by atoms with Crippen LogP contribution in [-0.2, 0) is 0 Å². The van der Waals surface area contributed by atoms with Gasteiger partial charge in [-0.25, -0.2) is 5.01 Å². The molecule has 0 aromatic heterocycles. The van der Waals surface area contributed by atoms with Gasteiger partial charge in [-0.15, -0.1) is 0 Å². The number of hydrazone groups is 1. The molecule has 30 heavy (non-hydrogen) atoms. The van der Waals surface area contributed by atoms with Gasteiger partial charge in [0.2, 0.25) is 5.72 Å². The molecular weight excluding hydrogens is 378 g/mol. The number of rotatable bonds is 4. The first kappa shape index (κ1) is 19.2. The number of fused-ring (bicyclic) bond motifs is 4. The van der Waals surface area contributed by atoms with E-state index >= 15 is 0 Å². The van der Waals surface area contributed by atoms with Crippen molar-refractivity contribution in [2.75, 3.05) is 26.7 Å². The lowest BCUT2D eigenvalue weighted by Gasteiger charge is -2.51. The van der Waals surface area contributed by atoms with Crippen LogP contribution in [0.3, 0.4) is 0 Å². The number of piperidine rings is 1. The molecule has 3 heterocycles. The summed E-state index contributed by atoms with van der Waals surface area (Å²) < 4.78 is 12.4. The number of methoxy groups -OCH3 is 1. The van der Waals surface area contributed by atoms with Crippen LogP contribution in [0.1, 0.15) is 49.8 Å². The average molecular weight is 408 g/mol. The summed E-state index contributed by atoms with van der Waals surface area (Å²) in [7, 11) is 1.69. The fourth-order valence-corrected chi connectivity index (χ4v) is 5.08. The molecule has 0 bridgehead atoms. The first-order valence-electron chi connectivity index (χ1n) is 10.9. The molecule has 6 nitrogen and oxygen atoms in total. The number of phenols is 1. The number of hydrogen-bond donors (Lipinski definition) is 1. The monoisotopic (exact) mass is 407 g/mol. The van der Waals surface area contributed by atoms with E-state index in [4.69, 9.17) is 14.6 Å². The van der Waals surface area contributed by atoms with Gasteiger partial charge in [0.15, 0.2) is 11.5 Å². The SMILES string of the molecule is CCCN1CCC2(CC1)Oc1c(OC)cccc1[C@H]1CC(c3ccccc3O)=NN12. The minimum Gasteiger partial charge on any atom is -0.507 e. The lowest BCUT2D eigenvalue weighted by atomic mass is 9.90. The number of nitrogens with zero attached hydrogens (tertiary/aromatic N) is 3. The third-order valence-electron chi connectivity index (χ3n) is 6.60. The van der Waals surface area contributed by atoms with Crippen molar-refractivity contribution in [3.63, 3.8) is 0 Å². The van der Waals surface area contributed by atoms with Gasteiger partial charge in [-0.05, 0) is 31.2 Å². The first-order chi connectivity index (χ1) is 14.6. The highest BCUT2D eigenvalue weighted by Gasteiger charge is 2.52. The Morgan fingerprint density at radius 2 is 1.97 bits per heavy atom. The van der Waals surface area contributed by atoms with Crippen molar-refractivity contribution in [3.05, 3.63) is 53.6 Å². The second kappa shape index (κ2) is 7.51. The number of phenolic OH excluding ortho intramolecular Hbond substituents is 1. The van der Waals surface area contributed by atoms with E-state index < -0.39 is 5.72 Å². The second-order valence-corrected chi connectivity index (χ2v) is 8.40. The van der Waals surface area contributed by atoms with Crippen LogP contribution in [0.25, 0.3) is 0 Å². The van der Waals surface area contributed by atoms with Crippen molar-refractivity contribution >= 4 is 5.71 Å². The molecule has 158 valence electrons. The lowest BCUT2D eigenvalue weighted by Crippen LogP contribution is -2.59. The van der Waals surface area contributed by atoms with Gasteiger partial charge in [0.1, 0.15) is 5.75 Å². The Balaban J connectivity index is 1.56. The molecule has 1 spiro atoms. The highest BCUT2D eigenvalue weighted by molar-refractivity contribution is 6.04. The van der Waals surface area contributed by atoms with E-state index in [0.29, 0.717) is 0 Å². The molecule has 2 aromatic rings. The molecule has 0 unspecified atom stereocenters. The Kier molecular flexibility index (Phi) is 4.82. The van der Waals surface area contributed by atoms with Crippen LogP contribution >= 0.6 is 0 Å². The summed E-state index contributed by atoms with van der Waals surface area (Å²) in [4.78, 5) is 2.51. The Morgan fingerprint density at radius 1 is 1.17 bits per heavy atom. The lowest BCUT2D eigenvalue weighted by molar-refractivity contribution is -0.150. The summed E-state index contributed by atoms with van der Waals surface area (Å²) in [6.45, 7) is 5.32. The van der Waals surface area contributed by atoms with Crippen molar-refractivity contribution in [1.82, 2.24) is 9.91 Å². The quantitative estimate of drug-likeness (QED) is 0.825. The van der Waals surface area contributed by atoms with E-state index in [9.17, 15) is 5.11 Å². The fraction of sp³-hybridized carbons (Fsp3) is 0.458. The van der Waals surface area contributed by atoms with Gasteiger partial charge in [-0.1, -0.05) is 31.2 Å². The molecule has 5 rings (SSSR count). The molecule has 1 atom stereocenters. The maximum absolute atomic E-state index is 10.4. The molecule has 1 saturated heterocycles. The summed E-state index contributed by atoms with van der Waals surface area (Å²) in [5, 5.41) is 17.6. The van der Waals surface area contributed by atoms with Gasteiger partial charge in [0, 0.05) is 43.5 Å². The normalized spacial score (nSPS) is 22.3. The Bertz CT molecular complexity index is 966. The van der Waals surface area contributed by atoms with Crippen LogP contribution in [-0.4, -0.2) is 53.2 Å². The number of aromatic hydroxyl groups is 1. The molecule has 1 fully saturated rings. The van der Waals surface area contributed by atoms with Gasteiger partial charge < -0.3 is 19.5 Å². The molecular formula is C24H29N3O3. The van der Waals surface area contributed by atoms with E-state index in [1.807, 2.05) is 30.3 Å². The molecule has 3 aliphatic heterocycles.